The lowest BCUT2D eigenvalue weighted by Crippen LogP contribution is -2.39. The third kappa shape index (κ3) is 3.42. The smallest absolute Gasteiger partial charge is 0.313 e. The maximum atomic E-state index is 10.9. The summed E-state index contributed by atoms with van der Waals surface area (Å²) in [7, 11) is 0. The number of hydrogen-bond acceptors (Lipinski definition) is 4. The predicted molar refractivity (Wildman–Crippen MR) is 37.7 cm³/mol. The molecule has 0 radical (unpaired) electrons. The molecular formula is C6H14N2O2. The van der Waals surface area contributed by atoms with Gasteiger partial charge in [-0.15, -0.1) is 0 Å². The summed E-state index contributed by atoms with van der Waals surface area (Å²) in [6.45, 7) is 5.20. The van der Waals surface area contributed by atoms with Crippen molar-refractivity contribution in [1.82, 2.24) is 0 Å². The maximum absolute atomic E-state index is 10.9. The number of carbonyl (C=O) groups excluding carboxylic acids is 1. The van der Waals surface area contributed by atoms with Gasteiger partial charge in [0.15, 0.2) is 0 Å². The fourth-order valence-electron chi connectivity index (χ4n) is 0.300. The molecule has 0 heterocycles. The van der Waals surface area contributed by atoms with E-state index in [2.05, 4.69) is 4.74 Å². The maximum Gasteiger partial charge on any atom is 0.313 e. The molecule has 60 valence electrons. The van der Waals surface area contributed by atoms with Crippen LogP contribution in [0.4, 0.5) is 0 Å². The number of carbonyl (C=O) groups is 1. The number of nitrogens with two attached hydrogens (primary N) is 2. The van der Waals surface area contributed by atoms with E-state index in [0.29, 0.717) is 0 Å². The van der Waals surface area contributed by atoms with Crippen LogP contribution in [-0.4, -0.2) is 12.3 Å². The van der Waals surface area contributed by atoms with Gasteiger partial charge in [-0.3, -0.25) is 16.3 Å². The Morgan fingerprint density at radius 2 is 1.80 bits per heavy atom. The Labute approximate surface area is 60.5 Å². The molecule has 0 aliphatic rings. The van der Waals surface area contributed by atoms with E-state index in [1.807, 2.05) is 0 Å². The molecule has 0 aromatic rings. The van der Waals surface area contributed by atoms with E-state index in [4.69, 9.17) is 11.5 Å². The van der Waals surface area contributed by atoms with Crippen LogP contribution in [0.15, 0.2) is 0 Å². The first-order valence-electron chi connectivity index (χ1n) is 3.06. The molecule has 0 aromatic carbocycles. The van der Waals surface area contributed by atoms with Crippen molar-refractivity contribution in [2.24, 2.45) is 16.9 Å². The summed E-state index contributed by atoms with van der Waals surface area (Å²) >= 11 is 0. The van der Waals surface area contributed by atoms with Gasteiger partial charge in [-0.2, -0.15) is 0 Å². The summed E-state index contributed by atoms with van der Waals surface area (Å²) in [6, 6.07) is 0. The molecule has 4 heteroatoms. The van der Waals surface area contributed by atoms with Crippen LogP contribution in [0.5, 0.6) is 0 Å². The molecule has 0 rings (SSSR count). The number of ether oxygens (including phenoxy) is 1. The Hall–Kier alpha value is -0.610. The van der Waals surface area contributed by atoms with E-state index in [1.54, 1.807) is 20.8 Å². The lowest BCUT2D eigenvalue weighted by atomic mass is 9.97. The molecule has 0 unspecified atom stereocenters. The van der Waals surface area contributed by atoms with Gasteiger partial charge in [0.05, 0.1) is 5.41 Å². The topological polar surface area (TPSA) is 78.3 Å². The van der Waals surface area contributed by atoms with Gasteiger partial charge < -0.3 is 4.74 Å². The molecule has 0 aliphatic carbocycles. The second-order valence-electron chi connectivity index (χ2n) is 3.12. The van der Waals surface area contributed by atoms with Crippen LogP contribution in [0, 0.1) is 5.41 Å². The molecule has 0 saturated carbocycles. The fraction of sp³-hybridized carbons (Fsp3) is 0.833. The molecule has 4 N–H and O–H groups in total. The second-order valence-corrected chi connectivity index (χ2v) is 3.12. The van der Waals surface area contributed by atoms with Gasteiger partial charge in [-0.1, -0.05) is 0 Å². The molecule has 0 saturated heterocycles. The highest BCUT2D eigenvalue weighted by Crippen LogP contribution is 2.14. The lowest BCUT2D eigenvalue weighted by molar-refractivity contribution is -0.158. The molecule has 10 heavy (non-hydrogen) atoms. The molecule has 0 fully saturated rings. The van der Waals surface area contributed by atoms with Gasteiger partial charge in [-0.05, 0) is 20.8 Å². The monoisotopic (exact) mass is 146 g/mol. The summed E-state index contributed by atoms with van der Waals surface area (Å²) in [4.78, 5) is 10.9. The van der Waals surface area contributed by atoms with Crippen LogP contribution in [0.3, 0.4) is 0 Å². The first kappa shape index (κ1) is 9.39. The molecule has 4 nitrogen and oxygen atoms in total. The molecule has 0 aliphatic heterocycles. The zero-order valence-corrected chi connectivity index (χ0v) is 6.55. The summed E-state index contributed by atoms with van der Waals surface area (Å²) in [5, 5.41) is 0. The number of rotatable bonds is 1. The average molecular weight is 146 g/mol. The van der Waals surface area contributed by atoms with E-state index in [9.17, 15) is 4.79 Å². The zero-order valence-electron chi connectivity index (χ0n) is 6.55. The summed E-state index contributed by atoms with van der Waals surface area (Å²) < 4.78 is 4.53. The van der Waals surface area contributed by atoms with Crippen LogP contribution in [-0.2, 0) is 9.53 Å². The Balaban J connectivity index is 3.87. The van der Waals surface area contributed by atoms with E-state index in [1.165, 1.54) is 0 Å². The van der Waals surface area contributed by atoms with E-state index in [-0.39, 0.29) is 5.97 Å². The number of esters is 1. The van der Waals surface area contributed by atoms with Crippen LogP contribution in [0.2, 0.25) is 0 Å². The van der Waals surface area contributed by atoms with Crippen molar-refractivity contribution < 1.29 is 9.53 Å². The highest BCUT2D eigenvalue weighted by molar-refractivity contribution is 5.75. The molecule has 0 atom stereocenters. The first-order chi connectivity index (χ1) is 4.34. The highest BCUT2D eigenvalue weighted by atomic mass is 16.6. The van der Waals surface area contributed by atoms with Gasteiger partial charge in [0.25, 0.3) is 0 Å². The highest BCUT2D eigenvalue weighted by Gasteiger charge is 2.23. The Bertz CT molecular complexity index is 126. The third-order valence-corrected chi connectivity index (χ3v) is 0.855. The summed E-state index contributed by atoms with van der Waals surface area (Å²) in [5.74, 6) is -0.387. The minimum Gasteiger partial charge on any atom is -0.433 e. The van der Waals surface area contributed by atoms with E-state index in [0.717, 1.165) is 0 Å². The standard InChI is InChI=1S/C6H14N2O2/c1-6(2,3)4(9)10-5(7)8/h5H,7-8H2,1-3H3. The molecule has 0 bridgehead atoms. The van der Waals surface area contributed by atoms with Crippen molar-refractivity contribution in [1.29, 1.82) is 0 Å². The van der Waals surface area contributed by atoms with Crippen molar-refractivity contribution in [2.75, 3.05) is 0 Å². The van der Waals surface area contributed by atoms with Gasteiger partial charge in [0, 0.05) is 0 Å². The van der Waals surface area contributed by atoms with Crippen molar-refractivity contribution in [3.63, 3.8) is 0 Å². The van der Waals surface area contributed by atoms with Crippen LogP contribution in [0.1, 0.15) is 20.8 Å². The normalized spacial score (nSPS) is 11.8. The third-order valence-electron chi connectivity index (χ3n) is 0.855. The van der Waals surface area contributed by atoms with Crippen LogP contribution in [0.25, 0.3) is 0 Å². The van der Waals surface area contributed by atoms with E-state index >= 15 is 0 Å². The lowest BCUT2D eigenvalue weighted by Gasteiger charge is -2.17. The van der Waals surface area contributed by atoms with Crippen molar-refractivity contribution in [2.45, 2.75) is 27.1 Å². The molecule has 0 aromatic heterocycles. The van der Waals surface area contributed by atoms with Crippen molar-refractivity contribution in [3.05, 3.63) is 0 Å². The zero-order chi connectivity index (χ0) is 8.36. The minimum absolute atomic E-state index is 0.387. The largest absolute Gasteiger partial charge is 0.433 e. The first-order valence-corrected chi connectivity index (χ1v) is 3.06. The van der Waals surface area contributed by atoms with Gasteiger partial charge in [0.2, 0.25) is 6.35 Å². The quantitative estimate of drug-likeness (QED) is 0.396. The Morgan fingerprint density at radius 3 is 1.90 bits per heavy atom. The molecule has 0 amide bonds. The average Bonchev–Trinajstić information content (AvgIpc) is 1.60. The van der Waals surface area contributed by atoms with E-state index < -0.39 is 11.8 Å². The van der Waals surface area contributed by atoms with Gasteiger partial charge in [0.1, 0.15) is 0 Å². The van der Waals surface area contributed by atoms with Crippen molar-refractivity contribution in [3.8, 4) is 0 Å². The Morgan fingerprint density at radius 1 is 1.40 bits per heavy atom. The minimum atomic E-state index is -1.01. The van der Waals surface area contributed by atoms with Crippen molar-refractivity contribution >= 4 is 5.97 Å². The predicted octanol–water partition coefficient (Wildman–Crippen LogP) is -0.223. The summed E-state index contributed by atoms with van der Waals surface area (Å²) in [5.41, 5.74) is 9.52. The second kappa shape index (κ2) is 2.98. The summed E-state index contributed by atoms with van der Waals surface area (Å²) in [6.07, 6.45) is -1.01. The molecule has 0 spiro atoms. The van der Waals surface area contributed by atoms with Crippen LogP contribution < -0.4 is 11.5 Å². The van der Waals surface area contributed by atoms with Gasteiger partial charge in [-0.25, -0.2) is 0 Å². The van der Waals surface area contributed by atoms with Gasteiger partial charge >= 0.3 is 5.97 Å². The molecular weight excluding hydrogens is 132 g/mol. The SMILES string of the molecule is CC(C)(C)C(=O)OC(N)N. The fourth-order valence-corrected chi connectivity index (χ4v) is 0.300. The Kier molecular flexibility index (Phi) is 2.80. The van der Waals surface area contributed by atoms with Crippen LogP contribution >= 0.6 is 0 Å². The number of hydrogen-bond donors (Lipinski definition) is 2.